The largest absolute Gasteiger partial charge is 0.492 e. The smallest absolute Gasteiger partial charge is 0.134 e. The number of nitrogens with one attached hydrogen (secondary N) is 1. The fraction of sp³-hybridized carbons (Fsp3) is 0.600. The molecular formula is C15H21BrClNO. The number of hydrogen-bond donors (Lipinski definition) is 1. The van der Waals surface area contributed by atoms with E-state index in [1.165, 1.54) is 19.3 Å². The molecule has 1 fully saturated rings. The normalized spacial score (nSPS) is 19.5. The third-order valence-corrected chi connectivity index (χ3v) is 5.27. The molecule has 1 aliphatic rings. The highest BCUT2D eigenvalue weighted by atomic mass is 79.9. The summed E-state index contributed by atoms with van der Waals surface area (Å²) < 4.78 is 6.88. The number of aryl methyl sites for hydroxylation is 1. The Bertz CT molecular complexity index is 444. The molecule has 0 radical (unpaired) electrons. The van der Waals surface area contributed by atoms with Crippen LogP contribution < -0.4 is 10.1 Å². The minimum Gasteiger partial charge on any atom is -0.492 e. The lowest BCUT2D eigenvalue weighted by Crippen LogP contribution is -2.35. The van der Waals surface area contributed by atoms with Crippen LogP contribution in [0.1, 0.15) is 36.8 Å². The predicted octanol–water partition coefficient (Wildman–Crippen LogP) is 4.63. The molecule has 1 saturated heterocycles. The Morgan fingerprint density at radius 3 is 2.89 bits per heavy atom. The van der Waals surface area contributed by atoms with Crippen molar-refractivity contribution in [3.8, 4) is 5.75 Å². The zero-order valence-corrected chi connectivity index (χ0v) is 13.9. The molecular weight excluding hydrogens is 326 g/mol. The van der Waals surface area contributed by atoms with Crippen LogP contribution in [0.5, 0.6) is 5.75 Å². The summed E-state index contributed by atoms with van der Waals surface area (Å²) >= 11 is 9.78. The van der Waals surface area contributed by atoms with Crippen molar-refractivity contribution in [1.82, 2.24) is 5.32 Å². The number of benzene rings is 1. The SMILES string of the molecule is Cc1cc(OCCC2CCCCN2)c(Br)c(C)c1Cl. The molecule has 1 aromatic carbocycles. The second kappa shape index (κ2) is 6.96. The molecule has 0 saturated carbocycles. The molecule has 19 heavy (non-hydrogen) atoms. The van der Waals surface area contributed by atoms with E-state index in [0.29, 0.717) is 6.04 Å². The average molecular weight is 347 g/mol. The van der Waals surface area contributed by atoms with Crippen LogP contribution in [0.2, 0.25) is 5.02 Å². The first-order valence-corrected chi connectivity index (χ1v) is 8.08. The van der Waals surface area contributed by atoms with Gasteiger partial charge in [-0.2, -0.15) is 0 Å². The summed E-state index contributed by atoms with van der Waals surface area (Å²) in [7, 11) is 0. The van der Waals surface area contributed by atoms with Gasteiger partial charge in [-0.3, -0.25) is 0 Å². The van der Waals surface area contributed by atoms with Crippen LogP contribution in [0.4, 0.5) is 0 Å². The summed E-state index contributed by atoms with van der Waals surface area (Å²) in [6.45, 7) is 5.91. The molecule has 1 atom stereocenters. The Hall–Kier alpha value is -0.250. The van der Waals surface area contributed by atoms with Crippen LogP contribution in [0.25, 0.3) is 0 Å². The van der Waals surface area contributed by atoms with Crippen LogP contribution in [0, 0.1) is 13.8 Å². The molecule has 0 spiro atoms. The Balaban J connectivity index is 1.92. The van der Waals surface area contributed by atoms with E-state index in [1.54, 1.807) is 0 Å². The van der Waals surface area contributed by atoms with Gasteiger partial charge in [0.15, 0.2) is 0 Å². The van der Waals surface area contributed by atoms with Gasteiger partial charge in [-0.25, -0.2) is 0 Å². The zero-order chi connectivity index (χ0) is 13.8. The lowest BCUT2D eigenvalue weighted by atomic mass is 10.0. The van der Waals surface area contributed by atoms with E-state index in [2.05, 4.69) is 21.2 Å². The van der Waals surface area contributed by atoms with Gasteiger partial charge in [0.1, 0.15) is 5.75 Å². The summed E-state index contributed by atoms with van der Waals surface area (Å²) in [4.78, 5) is 0. The summed E-state index contributed by atoms with van der Waals surface area (Å²) in [5, 5.41) is 4.35. The molecule has 0 aliphatic carbocycles. The lowest BCUT2D eigenvalue weighted by Gasteiger charge is -2.23. The van der Waals surface area contributed by atoms with Gasteiger partial charge in [-0.1, -0.05) is 18.0 Å². The third kappa shape index (κ3) is 3.87. The standard InChI is InChI=1S/C15H21BrClNO/c1-10-9-13(14(16)11(2)15(10)17)19-8-6-12-5-3-4-7-18-12/h9,12,18H,3-8H2,1-2H3. The molecule has 2 nitrogen and oxygen atoms in total. The molecule has 1 aromatic rings. The molecule has 2 rings (SSSR count). The molecule has 106 valence electrons. The molecule has 1 aliphatic heterocycles. The van der Waals surface area contributed by atoms with Gasteiger partial charge in [0, 0.05) is 11.1 Å². The highest BCUT2D eigenvalue weighted by Crippen LogP contribution is 2.35. The lowest BCUT2D eigenvalue weighted by molar-refractivity contribution is 0.267. The third-order valence-electron chi connectivity index (χ3n) is 3.70. The molecule has 1 N–H and O–H groups in total. The average Bonchev–Trinajstić information content (AvgIpc) is 2.43. The fourth-order valence-electron chi connectivity index (χ4n) is 2.49. The molecule has 1 unspecified atom stereocenters. The predicted molar refractivity (Wildman–Crippen MR) is 84.4 cm³/mol. The monoisotopic (exact) mass is 345 g/mol. The van der Waals surface area contributed by atoms with Gasteiger partial charge in [0.25, 0.3) is 0 Å². The van der Waals surface area contributed by atoms with Crippen molar-refractivity contribution in [2.75, 3.05) is 13.2 Å². The van der Waals surface area contributed by atoms with Crippen LogP contribution in [0.15, 0.2) is 10.5 Å². The van der Waals surface area contributed by atoms with Crippen molar-refractivity contribution in [1.29, 1.82) is 0 Å². The molecule has 0 bridgehead atoms. The first kappa shape index (κ1) is 15.1. The van der Waals surface area contributed by atoms with Crippen molar-refractivity contribution >= 4 is 27.5 Å². The van der Waals surface area contributed by atoms with E-state index >= 15 is 0 Å². The Morgan fingerprint density at radius 2 is 2.21 bits per heavy atom. The Morgan fingerprint density at radius 1 is 1.42 bits per heavy atom. The second-order valence-corrected chi connectivity index (χ2v) is 6.40. The summed E-state index contributed by atoms with van der Waals surface area (Å²) in [5.41, 5.74) is 2.11. The minimum absolute atomic E-state index is 0.613. The van der Waals surface area contributed by atoms with Gasteiger partial charge in [0.05, 0.1) is 11.1 Å². The van der Waals surface area contributed by atoms with Gasteiger partial charge in [-0.15, -0.1) is 0 Å². The van der Waals surface area contributed by atoms with Crippen LogP contribution in [-0.4, -0.2) is 19.2 Å². The summed E-state index contributed by atoms with van der Waals surface area (Å²) in [6, 6.07) is 2.62. The van der Waals surface area contributed by atoms with Crippen molar-refractivity contribution in [3.63, 3.8) is 0 Å². The van der Waals surface area contributed by atoms with E-state index in [0.717, 1.165) is 45.9 Å². The first-order valence-electron chi connectivity index (χ1n) is 6.91. The van der Waals surface area contributed by atoms with E-state index in [9.17, 15) is 0 Å². The zero-order valence-electron chi connectivity index (χ0n) is 11.6. The maximum Gasteiger partial charge on any atom is 0.134 e. The minimum atomic E-state index is 0.613. The maximum absolute atomic E-state index is 6.22. The number of hydrogen-bond acceptors (Lipinski definition) is 2. The Labute approximate surface area is 129 Å². The maximum atomic E-state index is 6.22. The van der Waals surface area contributed by atoms with Crippen molar-refractivity contribution in [2.45, 2.75) is 45.6 Å². The molecule has 0 amide bonds. The van der Waals surface area contributed by atoms with Crippen LogP contribution in [0.3, 0.4) is 0 Å². The topological polar surface area (TPSA) is 21.3 Å². The quantitative estimate of drug-likeness (QED) is 0.858. The van der Waals surface area contributed by atoms with E-state index in [-0.39, 0.29) is 0 Å². The summed E-state index contributed by atoms with van der Waals surface area (Å²) in [6.07, 6.45) is 4.97. The van der Waals surface area contributed by atoms with Crippen LogP contribution in [-0.2, 0) is 0 Å². The van der Waals surface area contributed by atoms with Crippen LogP contribution >= 0.6 is 27.5 Å². The number of halogens is 2. The van der Waals surface area contributed by atoms with Crippen molar-refractivity contribution < 1.29 is 4.74 Å². The van der Waals surface area contributed by atoms with E-state index in [4.69, 9.17) is 16.3 Å². The second-order valence-electron chi connectivity index (χ2n) is 5.23. The highest BCUT2D eigenvalue weighted by Gasteiger charge is 2.14. The number of piperidine rings is 1. The van der Waals surface area contributed by atoms with E-state index < -0.39 is 0 Å². The molecule has 4 heteroatoms. The molecule has 0 aromatic heterocycles. The van der Waals surface area contributed by atoms with Gasteiger partial charge < -0.3 is 10.1 Å². The molecule has 1 heterocycles. The van der Waals surface area contributed by atoms with Gasteiger partial charge >= 0.3 is 0 Å². The fourth-order valence-corrected chi connectivity index (χ4v) is 3.18. The highest BCUT2D eigenvalue weighted by molar-refractivity contribution is 9.10. The Kier molecular flexibility index (Phi) is 5.55. The summed E-state index contributed by atoms with van der Waals surface area (Å²) in [5.74, 6) is 0.898. The van der Waals surface area contributed by atoms with Gasteiger partial charge in [0.2, 0.25) is 0 Å². The number of rotatable bonds is 4. The van der Waals surface area contributed by atoms with E-state index in [1.807, 2.05) is 19.9 Å². The van der Waals surface area contributed by atoms with Crippen molar-refractivity contribution in [3.05, 3.63) is 26.7 Å². The van der Waals surface area contributed by atoms with Gasteiger partial charge in [-0.05, 0) is 72.8 Å². The number of ether oxygens (including phenoxy) is 1. The van der Waals surface area contributed by atoms with Crippen molar-refractivity contribution in [2.24, 2.45) is 0 Å². The first-order chi connectivity index (χ1) is 9.09.